The Morgan fingerprint density at radius 3 is 2.73 bits per heavy atom. The second kappa shape index (κ2) is 11.3. The minimum atomic E-state index is -0.816. The zero-order valence-electron chi connectivity index (χ0n) is 20.5. The number of fused-ring (bicyclic) bond motifs is 1. The third-order valence-electron chi connectivity index (χ3n) is 6.53. The van der Waals surface area contributed by atoms with Gasteiger partial charge in [-0.2, -0.15) is 0 Å². The molecule has 2 atom stereocenters. The fraction of sp³-hybridized carbons (Fsp3) is 0.321. The Balaban J connectivity index is 1.40. The maximum absolute atomic E-state index is 15.2. The van der Waals surface area contributed by atoms with Crippen LogP contribution in [0.1, 0.15) is 43.4 Å². The molecule has 3 heterocycles. The summed E-state index contributed by atoms with van der Waals surface area (Å²) in [5, 5.41) is 5.36. The van der Waals surface area contributed by atoms with E-state index in [1.165, 1.54) is 17.8 Å². The van der Waals surface area contributed by atoms with Crippen molar-refractivity contribution >= 4 is 28.8 Å². The lowest BCUT2D eigenvalue weighted by molar-refractivity contribution is -0.141. The maximum Gasteiger partial charge on any atom is 0.338 e. The Hall–Kier alpha value is -3.43. The van der Waals surface area contributed by atoms with E-state index in [0.717, 1.165) is 25.0 Å². The molecule has 0 aromatic heterocycles. The fourth-order valence-corrected chi connectivity index (χ4v) is 5.65. The number of esters is 1. The van der Waals surface area contributed by atoms with Gasteiger partial charge in [-0.25, -0.2) is 14.2 Å². The zero-order chi connectivity index (χ0) is 25.8. The fourth-order valence-electron chi connectivity index (χ4n) is 4.68. The number of halogens is 1. The Morgan fingerprint density at radius 1 is 1.19 bits per heavy atom. The Bertz CT molecular complexity index is 1270. The van der Waals surface area contributed by atoms with E-state index in [1.54, 1.807) is 30.0 Å². The van der Waals surface area contributed by atoms with Crippen molar-refractivity contribution in [1.29, 1.82) is 0 Å². The van der Waals surface area contributed by atoms with Crippen molar-refractivity contribution in [2.75, 3.05) is 13.2 Å². The van der Waals surface area contributed by atoms with Crippen molar-refractivity contribution in [1.82, 2.24) is 10.2 Å². The predicted molar refractivity (Wildman–Crippen MR) is 140 cm³/mol. The number of hydrogen-bond acceptors (Lipinski definition) is 7. The van der Waals surface area contributed by atoms with Gasteiger partial charge in [0, 0.05) is 24.4 Å². The summed E-state index contributed by atoms with van der Waals surface area (Å²) < 4.78 is 26.4. The van der Waals surface area contributed by atoms with Crippen molar-refractivity contribution in [2.45, 2.75) is 44.9 Å². The van der Waals surface area contributed by atoms with Crippen molar-refractivity contribution in [3.8, 4) is 0 Å². The standard InChI is InChI=1S/C28H28FN3O4S/c1-18-25(27(34)36-16-19-8-3-2-4-9-19)26(22-11-5-6-12-23(22)29)32-20(17-37-28(32)31-18)14-24(33)30-15-21-10-7-13-35-21/h2-6,8-9,11-12,17,21,26H,7,10,13-16H2,1H3,(H,30,33). The number of aliphatic imine (C=N–C) groups is 1. The van der Waals surface area contributed by atoms with Gasteiger partial charge in [0.15, 0.2) is 5.17 Å². The topological polar surface area (TPSA) is 80.2 Å². The van der Waals surface area contributed by atoms with Crippen molar-refractivity contribution in [3.05, 3.63) is 93.9 Å². The molecule has 2 unspecified atom stereocenters. The number of nitrogens with one attached hydrogen (secondary N) is 1. The van der Waals surface area contributed by atoms with Crippen LogP contribution in [0.15, 0.2) is 82.0 Å². The van der Waals surface area contributed by atoms with Crippen molar-refractivity contribution in [3.63, 3.8) is 0 Å². The molecule has 2 aromatic carbocycles. The molecule has 37 heavy (non-hydrogen) atoms. The van der Waals surface area contributed by atoms with Gasteiger partial charge in [-0.3, -0.25) is 4.79 Å². The van der Waals surface area contributed by atoms with E-state index in [-0.39, 0.29) is 30.6 Å². The van der Waals surface area contributed by atoms with Gasteiger partial charge in [-0.1, -0.05) is 60.3 Å². The molecular weight excluding hydrogens is 493 g/mol. The molecule has 1 N–H and O–H groups in total. The molecule has 7 nitrogen and oxygen atoms in total. The van der Waals surface area contributed by atoms with Crippen LogP contribution in [-0.2, 0) is 25.7 Å². The van der Waals surface area contributed by atoms with Crippen LogP contribution in [0.4, 0.5) is 4.39 Å². The van der Waals surface area contributed by atoms with E-state index in [9.17, 15) is 9.59 Å². The summed E-state index contributed by atoms with van der Waals surface area (Å²) in [6.07, 6.45) is 2.02. The third kappa shape index (κ3) is 5.62. The van der Waals surface area contributed by atoms with E-state index in [2.05, 4.69) is 10.3 Å². The van der Waals surface area contributed by atoms with Gasteiger partial charge in [0.2, 0.25) is 5.91 Å². The van der Waals surface area contributed by atoms with Crippen molar-refractivity contribution in [2.24, 2.45) is 4.99 Å². The summed E-state index contributed by atoms with van der Waals surface area (Å²) in [5.41, 5.74) is 2.51. The molecule has 0 radical (unpaired) electrons. The summed E-state index contributed by atoms with van der Waals surface area (Å²) in [7, 11) is 0. The first kappa shape index (κ1) is 25.2. The lowest BCUT2D eigenvalue weighted by Gasteiger charge is -2.36. The number of hydrogen-bond donors (Lipinski definition) is 1. The van der Waals surface area contributed by atoms with Gasteiger partial charge < -0.3 is 19.7 Å². The molecule has 2 aromatic rings. The summed E-state index contributed by atoms with van der Waals surface area (Å²) in [4.78, 5) is 32.7. The number of allylic oxidation sites excluding steroid dienone is 1. The minimum Gasteiger partial charge on any atom is -0.457 e. The SMILES string of the molecule is CC1=C(C(=O)OCc2ccccc2)C(c2ccccc2F)N2C(CC(=O)NCC3CCCO3)=CSC2=N1. The number of benzene rings is 2. The molecule has 9 heteroatoms. The van der Waals surface area contributed by atoms with Crippen LogP contribution in [0, 0.1) is 5.82 Å². The molecule has 0 aliphatic carbocycles. The quantitative estimate of drug-likeness (QED) is 0.502. The third-order valence-corrected chi connectivity index (χ3v) is 7.41. The highest BCUT2D eigenvalue weighted by atomic mass is 32.2. The number of thioether (sulfide) groups is 1. The van der Waals surface area contributed by atoms with Crippen LogP contribution in [0.3, 0.4) is 0 Å². The average Bonchev–Trinajstić information content (AvgIpc) is 3.56. The number of rotatable bonds is 8. The number of amides is 1. The number of ether oxygens (including phenoxy) is 2. The van der Waals surface area contributed by atoms with E-state index >= 15 is 4.39 Å². The molecular formula is C28H28FN3O4S. The van der Waals surface area contributed by atoms with Crippen LogP contribution in [-0.4, -0.2) is 41.2 Å². The second-order valence-corrected chi connectivity index (χ2v) is 9.93. The van der Waals surface area contributed by atoms with E-state index in [1.807, 2.05) is 35.7 Å². The minimum absolute atomic E-state index is 0.0331. The van der Waals surface area contributed by atoms with Gasteiger partial charge in [0.1, 0.15) is 12.4 Å². The van der Waals surface area contributed by atoms with Crippen LogP contribution < -0.4 is 5.32 Å². The summed E-state index contributed by atoms with van der Waals surface area (Å²) in [5.74, 6) is -1.19. The number of carbonyl (C=O) groups is 2. The first-order chi connectivity index (χ1) is 18.0. The molecule has 5 rings (SSSR count). The first-order valence-corrected chi connectivity index (χ1v) is 13.2. The lowest BCUT2D eigenvalue weighted by atomic mass is 9.93. The van der Waals surface area contributed by atoms with Gasteiger partial charge in [-0.05, 0) is 36.8 Å². The van der Waals surface area contributed by atoms with Gasteiger partial charge in [0.05, 0.1) is 29.8 Å². The van der Waals surface area contributed by atoms with E-state index in [4.69, 9.17) is 9.47 Å². The lowest BCUT2D eigenvalue weighted by Crippen LogP contribution is -2.39. The number of nitrogens with zero attached hydrogens (tertiary/aromatic N) is 2. The highest BCUT2D eigenvalue weighted by Crippen LogP contribution is 2.45. The molecule has 0 spiro atoms. The van der Waals surface area contributed by atoms with Crippen LogP contribution in [0.25, 0.3) is 0 Å². The van der Waals surface area contributed by atoms with Crippen LogP contribution in [0.2, 0.25) is 0 Å². The first-order valence-electron chi connectivity index (χ1n) is 12.3. The molecule has 1 fully saturated rings. The monoisotopic (exact) mass is 521 g/mol. The van der Waals surface area contributed by atoms with Crippen LogP contribution >= 0.6 is 11.8 Å². The molecule has 0 saturated carbocycles. The van der Waals surface area contributed by atoms with E-state index < -0.39 is 17.8 Å². The summed E-state index contributed by atoms with van der Waals surface area (Å²) >= 11 is 1.35. The molecule has 1 amide bonds. The molecule has 1 saturated heterocycles. The van der Waals surface area contributed by atoms with Gasteiger partial charge in [0.25, 0.3) is 0 Å². The van der Waals surface area contributed by atoms with Gasteiger partial charge >= 0.3 is 5.97 Å². The largest absolute Gasteiger partial charge is 0.457 e. The molecule has 192 valence electrons. The molecule has 3 aliphatic rings. The van der Waals surface area contributed by atoms with Gasteiger partial charge in [-0.15, -0.1) is 0 Å². The Morgan fingerprint density at radius 2 is 1.97 bits per heavy atom. The normalized spacial score (nSPS) is 20.9. The van der Waals surface area contributed by atoms with Crippen LogP contribution in [0.5, 0.6) is 0 Å². The smallest absolute Gasteiger partial charge is 0.338 e. The zero-order valence-corrected chi connectivity index (χ0v) is 21.3. The molecule has 3 aliphatic heterocycles. The predicted octanol–water partition coefficient (Wildman–Crippen LogP) is 4.83. The summed E-state index contributed by atoms with van der Waals surface area (Å²) in [6, 6.07) is 14.9. The number of carbonyl (C=O) groups excluding carboxylic acids is 2. The Kier molecular flexibility index (Phi) is 7.71. The summed E-state index contributed by atoms with van der Waals surface area (Å²) in [6.45, 7) is 2.98. The molecule has 0 bridgehead atoms. The second-order valence-electron chi connectivity index (χ2n) is 9.09. The number of amidine groups is 1. The van der Waals surface area contributed by atoms with Crippen molar-refractivity contribution < 1.29 is 23.5 Å². The highest BCUT2D eigenvalue weighted by molar-refractivity contribution is 8.16. The highest BCUT2D eigenvalue weighted by Gasteiger charge is 2.42. The van der Waals surface area contributed by atoms with E-state index in [0.29, 0.717) is 28.7 Å². The Labute approximate surface area is 219 Å². The average molecular weight is 522 g/mol. The maximum atomic E-state index is 15.2.